The molecule has 0 spiro atoms. The van der Waals surface area contributed by atoms with Gasteiger partial charge in [-0.1, -0.05) is 93.2 Å². The molecule has 0 fully saturated rings. The van der Waals surface area contributed by atoms with Crippen LogP contribution < -0.4 is 10.4 Å². The van der Waals surface area contributed by atoms with Crippen LogP contribution in [0.15, 0.2) is 60.7 Å². The summed E-state index contributed by atoms with van der Waals surface area (Å²) in [6, 6.07) is 21.0. The van der Waals surface area contributed by atoms with E-state index in [2.05, 4.69) is 74.4 Å². The molecule has 0 unspecified atom stereocenters. The highest BCUT2D eigenvalue weighted by atomic mass is 32.4. The van der Waals surface area contributed by atoms with Crippen LogP contribution in [0.5, 0.6) is 0 Å². The van der Waals surface area contributed by atoms with Gasteiger partial charge in [0, 0.05) is 17.9 Å². The fourth-order valence-electron chi connectivity index (χ4n) is 2.15. The Bertz CT molecular complexity index is 587. The quantitative estimate of drug-likeness (QED) is 0.845. The largest absolute Gasteiger partial charge is 0.280 e. The van der Waals surface area contributed by atoms with Gasteiger partial charge in [0.2, 0.25) is 0 Å². The SMILES string of the molecule is CC(C)(C)[P@@](=S)(NCc1ccccc1)c1ccccc1. The molecule has 0 saturated carbocycles. The van der Waals surface area contributed by atoms with Crippen molar-refractivity contribution in [2.45, 2.75) is 32.5 Å². The van der Waals surface area contributed by atoms with Crippen LogP contribution in [0.25, 0.3) is 0 Å². The lowest BCUT2D eigenvalue weighted by molar-refractivity contribution is 0.764. The zero-order valence-corrected chi connectivity index (χ0v) is 14.0. The molecule has 1 nitrogen and oxygen atoms in total. The van der Waals surface area contributed by atoms with Crippen molar-refractivity contribution in [3.05, 3.63) is 66.2 Å². The van der Waals surface area contributed by atoms with Crippen molar-refractivity contribution >= 4 is 23.3 Å². The second-order valence-corrected chi connectivity index (χ2v) is 11.0. The van der Waals surface area contributed by atoms with E-state index < -0.39 is 6.19 Å². The second-order valence-electron chi connectivity index (χ2n) is 5.94. The van der Waals surface area contributed by atoms with Crippen LogP contribution in [0.1, 0.15) is 26.3 Å². The predicted octanol–water partition coefficient (Wildman–Crippen LogP) is 4.29. The minimum atomic E-state index is -1.84. The monoisotopic (exact) mass is 303 g/mol. The fourth-order valence-corrected chi connectivity index (χ4v) is 5.14. The van der Waals surface area contributed by atoms with Crippen molar-refractivity contribution in [3.63, 3.8) is 0 Å². The van der Waals surface area contributed by atoms with E-state index in [4.69, 9.17) is 11.8 Å². The highest BCUT2D eigenvalue weighted by Crippen LogP contribution is 2.53. The number of rotatable bonds is 4. The number of benzene rings is 2. The Hall–Kier alpha value is -0.950. The Morgan fingerprint density at radius 1 is 0.900 bits per heavy atom. The summed E-state index contributed by atoms with van der Waals surface area (Å²) in [6.07, 6.45) is -1.84. The molecular weight excluding hydrogens is 281 g/mol. The average molecular weight is 303 g/mol. The van der Waals surface area contributed by atoms with Crippen molar-refractivity contribution in [1.29, 1.82) is 0 Å². The van der Waals surface area contributed by atoms with Crippen molar-refractivity contribution in [2.75, 3.05) is 0 Å². The lowest BCUT2D eigenvalue weighted by atomic mass is 10.2. The third-order valence-electron chi connectivity index (χ3n) is 3.41. The van der Waals surface area contributed by atoms with Crippen LogP contribution in [0.4, 0.5) is 0 Å². The van der Waals surface area contributed by atoms with E-state index in [9.17, 15) is 0 Å². The first-order valence-corrected chi connectivity index (χ1v) is 9.68. The Labute approximate surface area is 127 Å². The maximum atomic E-state index is 6.10. The van der Waals surface area contributed by atoms with E-state index in [-0.39, 0.29) is 5.16 Å². The normalized spacial score (nSPS) is 14.8. The van der Waals surface area contributed by atoms with E-state index in [1.807, 2.05) is 12.1 Å². The first-order chi connectivity index (χ1) is 9.43. The van der Waals surface area contributed by atoms with Gasteiger partial charge in [-0.2, -0.15) is 0 Å². The molecule has 1 N–H and O–H groups in total. The third kappa shape index (κ3) is 3.38. The molecule has 0 aliphatic rings. The highest BCUT2D eigenvalue weighted by molar-refractivity contribution is 8.18. The topological polar surface area (TPSA) is 12.0 Å². The molecule has 0 aliphatic carbocycles. The standard InChI is InChI=1S/C17H22NPS/c1-17(2,3)19(20,16-12-8-5-9-13-16)18-14-15-10-6-4-7-11-15/h4-13H,14H2,1-3H3,(H,18,20)/t19-/m1/s1. The molecule has 0 radical (unpaired) electrons. The minimum absolute atomic E-state index is 0.0540. The molecule has 2 aromatic carbocycles. The Morgan fingerprint density at radius 3 is 1.90 bits per heavy atom. The molecule has 0 amide bonds. The van der Waals surface area contributed by atoms with Crippen LogP contribution in [0, 0.1) is 0 Å². The van der Waals surface area contributed by atoms with Gasteiger partial charge in [0.25, 0.3) is 0 Å². The summed E-state index contributed by atoms with van der Waals surface area (Å²) in [6.45, 7) is 7.53. The van der Waals surface area contributed by atoms with Crippen molar-refractivity contribution in [2.24, 2.45) is 0 Å². The molecule has 0 aromatic heterocycles. The molecule has 1 atom stereocenters. The van der Waals surface area contributed by atoms with Gasteiger partial charge in [-0.15, -0.1) is 0 Å². The van der Waals surface area contributed by atoms with Crippen molar-refractivity contribution in [1.82, 2.24) is 5.09 Å². The van der Waals surface area contributed by atoms with E-state index in [0.717, 1.165) is 6.54 Å². The Balaban J connectivity index is 2.28. The van der Waals surface area contributed by atoms with E-state index in [1.165, 1.54) is 10.9 Å². The third-order valence-corrected chi connectivity index (χ3v) is 9.59. The molecule has 0 saturated heterocycles. The second kappa shape index (κ2) is 6.22. The zero-order valence-electron chi connectivity index (χ0n) is 12.3. The summed E-state index contributed by atoms with van der Waals surface area (Å²) in [5, 5.41) is 5.01. The van der Waals surface area contributed by atoms with E-state index in [1.54, 1.807) is 0 Å². The van der Waals surface area contributed by atoms with Gasteiger partial charge in [0.05, 0.1) is 0 Å². The smallest absolute Gasteiger partial charge is 0.0458 e. The molecule has 106 valence electrons. The summed E-state index contributed by atoms with van der Waals surface area (Å²) in [7, 11) is 0. The first-order valence-electron chi connectivity index (χ1n) is 6.88. The zero-order chi connectivity index (χ0) is 14.6. The molecule has 3 heteroatoms. The Morgan fingerprint density at radius 2 is 1.40 bits per heavy atom. The summed E-state index contributed by atoms with van der Waals surface area (Å²) in [5.74, 6) is 0. The van der Waals surface area contributed by atoms with Crippen LogP contribution in [-0.2, 0) is 18.4 Å². The van der Waals surface area contributed by atoms with E-state index in [0.29, 0.717) is 0 Å². The number of hydrogen-bond acceptors (Lipinski definition) is 1. The molecule has 0 bridgehead atoms. The maximum Gasteiger partial charge on any atom is 0.0458 e. The maximum absolute atomic E-state index is 6.10. The van der Waals surface area contributed by atoms with E-state index >= 15 is 0 Å². The molecule has 20 heavy (non-hydrogen) atoms. The number of nitrogens with one attached hydrogen (secondary N) is 1. The summed E-state index contributed by atoms with van der Waals surface area (Å²) in [5.41, 5.74) is 1.28. The van der Waals surface area contributed by atoms with Gasteiger partial charge < -0.3 is 0 Å². The average Bonchev–Trinajstić information content (AvgIpc) is 2.45. The fraction of sp³-hybridized carbons (Fsp3) is 0.294. The molecule has 2 rings (SSSR count). The predicted molar refractivity (Wildman–Crippen MR) is 93.4 cm³/mol. The summed E-state index contributed by atoms with van der Waals surface area (Å²) >= 11 is 6.10. The lowest BCUT2D eigenvalue weighted by Gasteiger charge is -2.36. The minimum Gasteiger partial charge on any atom is -0.280 e. The van der Waals surface area contributed by atoms with Crippen LogP contribution in [0.3, 0.4) is 0 Å². The molecule has 2 aromatic rings. The van der Waals surface area contributed by atoms with Gasteiger partial charge in [-0.05, 0) is 10.9 Å². The van der Waals surface area contributed by atoms with Gasteiger partial charge >= 0.3 is 0 Å². The lowest BCUT2D eigenvalue weighted by Crippen LogP contribution is -2.32. The van der Waals surface area contributed by atoms with Gasteiger partial charge in [0.15, 0.2) is 0 Å². The first kappa shape index (κ1) is 15.4. The molecular formula is C17H22NPS. The number of hydrogen-bond donors (Lipinski definition) is 1. The van der Waals surface area contributed by atoms with Crippen LogP contribution in [0.2, 0.25) is 0 Å². The van der Waals surface area contributed by atoms with Gasteiger partial charge in [-0.3, -0.25) is 5.09 Å². The van der Waals surface area contributed by atoms with Crippen LogP contribution in [-0.4, -0.2) is 5.16 Å². The van der Waals surface area contributed by atoms with Crippen LogP contribution >= 0.6 is 6.19 Å². The van der Waals surface area contributed by atoms with Gasteiger partial charge in [0.1, 0.15) is 0 Å². The molecule has 0 heterocycles. The van der Waals surface area contributed by atoms with Crippen molar-refractivity contribution < 1.29 is 0 Å². The van der Waals surface area contributed by atoms with Crippen molar-refractivity contribution in [3.8, 4) is 0 Å². The molecule has 0 aliphatic heterocycles. The summed E-state index contributed by atoms with van der Waals surface area (Å²) < 4.78 is 0. The highest BCUT2D eigenvalue weighted by Gasteiger charge is 2.32. The Kier molecular flexibility index (Phi) is 4.80. The summed E-state index contributed by atoms with van der Waals surface area (Å²) in [4.78, 5) is 0. The van der Waals surface area contributed by atoms with Gasteiger partial charge in [-0.25, -0.2) is 0 Å².